The van der Waals surface area contributed by atoms with Crippen molar-refractivity contribution in [1.82, 2.24) is 14.5 Å². The van der Waals surface area contributed by atoms with E-state index in [9.17, 15) is 5.11 Å². The molecular formula is C68H61N3O2. The molecule has 0 radical (unpaired) electrons. The summed E-state index contributed by atoms with van der Waals surface area (Å²) in [4.78, 5) is 11.3. The molecule has 3 heterocycles. The van der Waals surface area contributed by atoms with Crippen molar-refractivity contribution >= 4 is 33.0 Å². The van der Waals surface area contributed by atoms with Crippen LogP contribution in [0.15, 0.2) is 174 Å². The first-order valence-corrected chi connectivity index (χ1v) is 25.8. The molecule has 360 valence electrons. The zero-order valence-electron chi connectivity index (χ0n) is 43.5. The van der Waals surface area contributed by atoms with Crippen LogP contribution in [0.2, 0.25) is 0 Å². The number of para-hydroxylation sites is 3. The molecule has 11 aromatic rings. The molecule has 3 aromatic heterocycles. The minimum absolute atomic E-state index is 0.235. The first-order valence-electron chi connectivity index (χ1n) is 25.8. The smallest absolute Gasteiger partial charge is 0.164 e. The van der Waals surface area contributed by atoms with Gasteiger partial charge in [-0.2, -0.15) is 0 Å². The number of benzene rings is 8. The third kappa shape index (κ3) is 7.18. The van der Waals surface area contributed by atoms with E-state index in [1.165, 1.54) is 22.3 Å². The van der Waals surface area contributed by atoms with Crippen LogP contribution in [0.3, 0.4) is 0 Å². The Kier molecular flexibility index (Phi) is 10.8. The highest BCUT2D eigenvalue weighted by molar-refractivity contribution is 6.17. The molecule has 12 rings (SSSR count). The van der Waals surface area contributed by atoms with Gasteiger partial charge in [-0.05, 0) is 140 Å². The molecule has 0 saturated heterocycles. The van der Waals surface area contributed by atoms with Gasteiger partial charge in [0.2, 0.25) is 0 Å². The molecule has 5 nitrogen and oxygen atoms in total. The van der Waals surface area contributed by atoms with E-state index in [2.05, 4.69) is 232 Å². The number of imidazole rings is 1. The molecule has 5 heteroatoms. The second-order valence-corrected chi connectivity index (χ2v) is 22.0. The van der Waals surface area contributed by atoms with Crippen molar-refractivity contribution in [2.24, 2.45) is 0 Å². The Morgan fingerprint density at radius 3 is 1.85 bits per heavy atom. The average Bonchev–Trinajstić information content (AvgIpc) is 3.96. The number of phenols is 1. The van der Waals surface area contributed by atoms with E-state index >= 15 is 0 Å². The van der Waals surface area contributed by atoms with Crippen LogP contribution in [-0.2, 0) is 10.8 Å². The number of hydrogen-bond acceptors (Lipinski definition) is 4. The number of hydrogen-bond donors (Lipinski definition) is 1. The Hall–Kier alpha value is -8.02. The number of rotatable bonds is 8. The number of aromatic nitrogens is 3. The van der Waals surface area contributed by atoms with Crippen molar-refractivity contribution in [1.29, 1.82) is 0 Å². The van der Waals surface area contributed by atoms with Gasteiger partial charge in [0.05, 0.1) is 22.4 Å². The summed E-state index contributed by atoms with van der Waals surface area (Å²) in [5.41, 5.74) is 22.3. The Bertz CT molecular complexity index is 3970. The van der Waals surface area contributed by atoms with Crippen LogP contribution in [0.4, 0.5) is 0 Å². The van der Waals surface area contributed by atoms with Gasteiger partial charge in [0.25, 0.3) is 0 Å². The zero-order valence-corrected chi connectivity index (χ0v) is 43.5. The molecule has 0 unspecified atom stereocenters. The zero-order chi connectivity index (χ0) is 50.7. The summed E-state index contributed by atoms with van der Waals surface area (Å²) in [5, 5.41) is 13.8. The average molecular weight is 952 g/mol. The maximum Gasteiger partial charge on any atom is 0.164 e. The van der Waals surface area contributed by atoms with Gasteiger partial charge in [-0.3, -0.25) is 4.57 Å². The van der Waals surface area contributed by atoms with E-state index in [1.807, 2.05) is 6.07 Å². The normalized spacial score (nSPS) is 13.9. The predicted octanol–water partition coefficient (Wildman–Crippen LogP) is 18.5. The maximum atomic E-state index is 11.6. The second-order valence-electron chi connectivity index (χ2n) is 22.0. The van der Waals surface area contributed by atoms with E-state index in [4.69, 9.17) is 14.4 Å². The van der Waals surface area contributed by atoms with Gasteiger partial charge in [-0.15, -0.1) is 0 Å². The van der Waals surface area contributed by atoms with Crippen LogP contribution in [0.5, 0.6) is 5.75 Å². The topological polar surface area (TPSA) is 64.1 Å². The van der Waals surface area contributed by atoms with E-state index in [-0.39, 0.29) is 16.6 Å². The fourth-order valence-corrected chi connectivity index (χ4v) is 11.8. The molecule has 0 atom stereocenters. The predicted molar refractivity (Wildman–Crippen MR) is 304 cm³/mol. The van der Waals surface area contributed by atoms with Crippen LogP contribution in [0.1, 0.15) is 101 Å². The molecule has 0 aliphatic heterocycles. The number of nitrogens with zero attached hydrogens (tertiary/aromatic N) is 3. The first-order chi connectivity index (χ1) is 35.1. The molecule has 0 bridgehead atoms. The monoisotopic (exact) mass is 951 g/mol. The summed E-state index contributed by atoms with van der Waals surface area (Å²) in [6.07, 6.45) is 0. The first kappa shape index (κ1) is 46.1. The van der Waals surface area contributed by atoms with Crippen LogP contribution in [-0.4, -0.2) is 19.6 Å². The van der Waals surface area contributed by atoms with Crippen molar-refractivity contribution in [3.63, 3.8) is 0 Å². The van der Waals surface area contributed by atoms with Crippen molar-refractivity contribution in [3.8, 4) is 78.7 Å². The molecule has 0 saturated carbocycles. The summed E-state index contributed by atoms with van der Waals surface area (Å²) >= 11 is 0. The summed E-state index contributed by atoms with van der Waals surface area (Å²) in [6.45, 7) is 22.6. The van der Waals surface area contributed by atoms with Gasteiger partial charge in [-0.1, -0.05) is 189 Å². The van der Waals surface area contributed by atoms with Gasteiger partial charge in [0.15, 0.2) is 5.82 Å². The van der Waals surface area contributed by atoms with Crippen LogP contribution < -0.4 is 0 Å². The summed E-state index contributed by atoms with van der Waals surface area (Å²) in [5.74, 6) is 1.69. The van der Waals surface area contributed by atoms with Crippen molar-refractivity contribution in [3.05, 3.63) is 203 Å². The molecule has 1 aliphatic carbocycles. The fraction of sp³-hybridized carbons (Fsp3) is 0.206. The van der Waals surface area contributed by atoms with E-state index < -0.39 is 0 Å². The Morgan fingerprint density at radius 2 is 1.12 bits per heavy atom. The maximum absolute atomic E-state index is 11.6. The van der Waals surface area contributed by atoms with Crippen LogP contribution in [0, 0.1) is 13.8 Å². The molecular weight excluding hydrogens is 891 g/mol. The van der Waals surface area contributed by atoms with E-state index in [1.54, 1.807) is 6.07 Å². The van der Waals surface area contributed by atoms with E-state index in [0.717, 1.165) is 117 Å². The van der Waals surface area contributed by atoms with Crippen molar-refractivity contribution in [2.45, 2.75) is 91.9 Å². The highest BCUT2D eigenvalue weighted by atomic mass is 16.3. The van der Waals surface area contributed by atoms with Crippen molar-refractivity contribution in [2.75, 3.05) is 0 Å². The van der Waals surface area contributed by atoms with Crippen LogP contribution >= 0.6 is 0 Å². The third-order valence-corrected chi connectivity index (χ3v) is 16.5. The Labute approximate surface area is 428 Å². The molecule has 73 heavy (non-hydrogen) atoms. The third-order valence-electron chi connectivity index (χ3n) is 16.5. The molecule has 0 fully saturated rings. The molecule has 8 aromatic carbocycles. The van der Waals surface area contributed by atoms with Gasteiger partial charge in [-0.25, -0.2) is 9.97 Å². The number of phenolic OH excluding ortho intramolecular Hbond substituents is 1. The number of aryl methyl sites for hydroxylation is 2. The lowest BCUT2D eigenvalue weighted by Crippen LogP contribution is -2.43. The fourth-order valence-electron chi connectivity index (χ4n) is 11.8. The molecule has 0 amide bonds. The standard InChI is InChI=1S/C68H61N3O2/c1-39(2)44-34-45(40(3)4)36-46(35-44)49-26-17-25-48(43-22-12-11-13-23-43)60(49)52-37-47(38-59-61(52)51-24-14-15-31-58(51)73-59)50-27-18-29-56-63(50)70-66(71(56)65-41(5)20-16-21-42(65)6)55-33-32-54-64(69-55)62-53(28-19-30-57(62)72)67(7,8)68(54,9)10/h11-40,72H,1-10H3. The number of aromatic hydroxyl groups is 1. The second kappa shape index (κ2) is 17.1. The minimum atomic E-state index is -0.283. The van der Waals surface area contributed by atoms with Gasteiger partial charge >= 0.3 is 0 Å². The Morgan fingerprint density at radius 1 is 0.507 bits per heavy atom. The summed E-state index contributed by atoms with van der Waals surface area (Å²) in [6, 6.07) is 61.0. The number of furan rings is 1. The number of fused-ring (bicyclic) bond motifs is 7. The lowest BCUT2D eigenvalue weighted by molar-refractivity contribution is 0.296. The molecule has 1 aliphatic rings. The minimum Gasteiger partial charge on any atom is -0.507 e. The quantitative estimate of drug-likeness (QED) is 0.165. The summed E-state index contributed by atoms with van der Waals surface area (Å²) < 4.78 is 9.25. The van der Waals surface area contributed by atoms with Gasteiger partial charge in [0.1, 0.15) is 22.6 Å². The SMILES string of the molecule is Cc1cccc(C)c1-n1c(-c2ccc3c(n2)-c2c(O)cccc2C(C)(C)C3(C)C)nc2c(-c3cc(-c4c(-c5ccccc5)cccc4-c4cc(C(C)C)cc(C(C)C)c4)c4c(c3)oc3ccccc34)cccc21. The molecule has 1 N–H and O–H groups in total. The lowest BCUT2D eigenvalue weighted by atomic mass is 9.56. The summed E-state index contributed by atoms with van der Waals surface area (Å²) in [7, 11) is 0. The van der Waals surface area contributed by atoms with Crippen molar-refractivity contribution < 1.29 is 9.52 Å². The van der Waals surface area contributed by atoms with Gasteiger partial charge < -0.3 is 9.52 Å². The van der Waals surface area contributed by atoms with E-state index in [0.29, 0.717) is 11.8 Å². The number of pyridine rings is 1. The van der Waals surface area contributed by atoms with Gasteiger partial charge in [0, 0.05) is 27.3 Å². The lowest BCUT2D eigenvalue weighted by Gasteiger charge is -2.47. The van der Waals surface area contributed by atoms with Crippen LogP contribution in [0.25, 0.3) is 106 Å². The molecule has 0 spiro atoms. The highest BCUT2D eigenvalue weighted by Gasteiger charge is 2.47. The highest BCUT2D eigenvalue weighted by Crippen LogP contribution is 2.56. The Balaban J connectivity index is 1.17. The largest absolute Gasteiger partial charge is 0.507 e.